The highest BCUT2D eigenvalue weighted by Gasteiger charge is 2.17. The number of anilines is 2. The molecule has 0 radical (unpaired) electrons. The van der Waals surface area contributed by atoms with Crippen LogP contribution in [-0.4, -0.2) is 17.9 Å². The summed E-state index contributed by atoms with van der Waals surface area (Å²) >= 11 is 0. The molecule has 8 heteroatoms. The van der Waals surface area contributed by atoms with Crippen molar-refractivity contribution in [2.45, 2.75) is 26.4 Å². The predicted molar refractivity (Wildman–Crippen MR) is 90.4 cm³/mol. The summed E-state index contributed by atoms with van der Waals surface area (Å²) < 4.78 is 45.1. The van der Waals surface area contributed by atoms with Gasteiger partial charge in [-0.3, -0.25) is 9.59 Å². The molecule has 0 bridgehead atoms. The largest absolute Gasteiger partial charge is 0.489 e. The molecule has 138 valence electrons. The Morgan fingerprint density at radius 1 is 0.923 bits per heavy atom. The van der Waals surface area contributed by atoms with Crippen molar-refractivity contribution < 1.29 is 27.5 Å². The zero-order valence-corrected chi connectivity index (χ0v) is 14.1. The predicted octanol–water partition coefficient (Wildman–Crippen LogP) is 3.86. The SMILES string of the molecule is CC(C)Oc1ccccc1NC(=O)CC(=O)Nc1ccc(F)c(F)c1F. The van der Waals surface area contributed by atoms with Gasteiger partial charge in [0, 0.05) is 0 Å². The molecule has 0 saturated carbocycles. The molecule has 26 heavy (non-hydrogen) atoms. The van der Waals surface area contributed by atoms with Crippen LogP contribution in [0.15, 0.2) is 36.4 Å². The fraction of sp³-hybridized carbons (Fsp3) is 0.222. The summed E-state index contributed by atoms with van der Waals surface area (Å²) in [5.74, 6) is -5.73. The molecule has 0 aromatic heterocycles. The number of nitrogens with one attached hydrogen (secondary N) is 2. The van der Waals surface area contributed by atoms with E-state index in [1.54, 1.807) is 24.3 Å². The van der Waals surface area contributed by atoms with Crippen molar-refractivity contribution in [1.82, 2.24) is 0 Å². The third-order valence-corrected chi connectivity index (χ3v) is 3.15. The lowest BCUT2D eigenvalue weighted by atomic mass is 10.2. The molecule has 0 aliphatic carbocycles. The quantitative estimate of drug-likeness (QED) is 0.603. The van der Waals surface area contributed by atoms with Gasteiger partial charge < -0.3 is 15.4 Å². The van der Waals surface area contributed by atoms with Crippen molar-refractivity contribution >= 4 is 23.2 Å². The summed E-state index contributed by atoms with van der Waals surface area (Å²) in [7, 11) is 0. The fourth-order valence-electron chi connectivity index (χ4n) is 2.08. The van der Waals surface area contributed by atoms with Gasteiger partial charge in [0.1, 0.15) is 12.2 Å². The van der Waals surface area contributed by atoms with Crippen molar-refractivity contribution in [3.8, 4) is 5.75 Å². The minimum Gasteiger partial charge on any atom is -0.489 e. The maximum atomic E-state index is 13.5. The fourth-order valence-corrected chi connectivity index (χ4v) is 2.08. The lowest BCUT2D eigenvalue weighted by Gasteiger charge is -2.14. The van der Waals surface area contributed by atoms with Gasteiger partial charge in [0.2, 0.25) is 11.8 Å². The molecule has 2 aromatic carbocycles. The molecular weight excluding hydrogens is 349 g/mol. The Kier molecular flexibility index (Phi) is 6.21. The second-order valence-electron chi connectivity index (χ2n) is 5.66. The van der Waals surface area contributed by atoms with Crippen LogP contribution in [-0.2, 0) is 9.59 Å². The van der Waals surface area contributed by atoms with Crippen molar-refractivity contribution in [3.05, 3.63) is 53.8 Å². The van der Waals surface area contributed by atoms with E-state index in [9.17, 15) is 22.8 Å². The van der Waals surface area contributed by atoms with Crippen molar-refractivity contribution in [2.75, 3.05) is 10.6 Å². The minimum atomic E-state index is -1.70. The van der Waals surface area contributed by atoms with Crippen LogP contribution in [0.3, 0.4) is 0 Å². The smallest absolute Gasteiger partial charge is 0.233 e. The first kappa shape index (κ1) is 19.3. The summed E-state index contributed by atoms with van der Waals surface area (Å²) in [5, 5.41) is 4.54. The molecule has 0 heterocycles. The number of amides is 2. The summed E-state index contributed by atoms with van der Waals surface area (Å²) in [6, 6.07) is 8.21. The highest BCUT2D eigenvalue weighted by molar-refractivity contribution is 6.08. The second kappa shape index (κ2) is 8.37. The number of benzene rings is 2. The molecule has 0 atom stereocenters. The third-order valence-electron chi connectivity index (χ3n) is 3.15. The van der Waals surface area contributed by atoms with Crippen LogP contribution in [0, 0.1) is 17.5 Å². The van der Waals surface area contributed by atoms with Gasteiger partial charge in [-0.25, -0.2) is 13.2 Å². The van der Waals surface area contributed by atoms with E-state index >= 15 is 0 Å². The average molecular weight is 366 g/mol. The number of hydrogen-bond donors (Lipinski definition) is 2. The molecule has 0 aliphatic heterocycles. The first-order chi connectivity index (χ1) is 12.3. The lowest BCUT2D eigenvalue weighted by Crippen LogP contribution is -2.22. The Morgan fingerprint density at radius 3 is 2.19 bits per heavy atom. The van der Waals surface area contributed by atoms with Crippen molar-refractivity contribution in [3.63, 3.8) is 0 Å². The molecule has 5 nitrogen and oxygen atoms in total. The third kappa shape index (κ3) is 4.98. The van der Waals surface area contributed by atoms with E-state index in [1.807, 2.05) is 19.2 Å². The van der Waals surface area contributed by atoms with E-state index in [0.29, 0.717) is 17.5 Å². The number of carbonyl (C=O) groups excluding carboxylic acids is 2. The summed E-state index contributed by atoms with van der Waals surface area (Å²) in [5.41, 5.74) is -0.178. The zero-order chi connectivity index (χ0) is 19.3. The zero-order valence-electron chi connectivity index (χ0n) is 14.1. The number of para-hydroxylation sites is 2. The molecule has 2 N–H and O–H groups in total. The van der Waals surface area contributed by atoms with Gasteiger partial charge in [0.05, 0.1) is 17.5 Å². The van der Waals surface area contributed by atoms with Gasteiger partial charge >= 0.3 is 0 Å². The molecule has 2 rings (SSSR count). The van der Waals surface area contributed by atoms with E-state index in [0.717, 1.165) is 6.07 Å². The molecule has 0 fully saturated rings. The van der Waals surface area contributed by atoms with Gasteiger partial charge in [0.25, 0.3) is 0 Å². The van der Waals surface area contributed by atoms with Crippen LogP contribution in [0.2, 0.25) is 0 Å². The van der Waals surface area contributed by atoms with E-state index in [4.69, 9.17) is 4.74 Å². The minimum absolute atomic E-state index is 0.118. The van der Waals surface area contributed by atoms with Gasteiger partial charge in [0.15, 0.2) is 17.5 Å². The number of carbonyl (C=O) groups is 2. The topological polar surface area (TPSA) is 67.4 Å². The normalized spacial score (nSPS) is 10.5. The Hall–Kier alpha value is -3.03. The Labute approximate surface area is 148 Å². The van der Waals surface area contributed by atoms with Gasteiger partial charge in [-0.2, -0.15) is 0 Å². The lowest BCUT2D eigenvalue weighted by molar-refractivity contribution is -0.123. The molecule has 0 saturated heterocycles. The molecule has 0 unspecified atom stereocenters. The van der Waals surface area contributed by atoms with E-state index < -0.39 is 41.4 Å². The van der Waals surface area contributed by atoms with Crippen LogP contribution < -0.4 is 15.4 Å². The average Bonchev–Trinajstić information content (AvgIpc) is 2.56. The molecule has 0 spiro atoms. The Morgan fingerprint density at radius 2 is 1.54 bits per heavy atom. The highest BCUT2D eigenvalue weighted by Crippen LogP contribution is 2.25. The van der Waals surface area contributed by atoms with Crippen LogP contribution in [0.1, 0.15) is 20.3 Å². The van der Waals surface area contributed by atoms with Gasteiger partial charge in [-0.05, 0) is 38.1 Å². The van der Waals surface area contributed by atoms with Crippen LogP contribution in [0.5, 0.6) is 5.75 Å². The molecular formula is C18H17F3N2O3. The van der Waals surface area contributed by atoms with Crippen LogP contribution in [0.25, 0.3) is 0 Å². The van der Waals surface area contributed by atoms with Crippen LogP contribution in [0.4, 0.5) is 24.5 Å². The standard InChI is InChI=1S/C18H17F3N2O3/c1-10(2)26-14-6-4-3-5-12(14)22-15(24)9-16(25)23-13-8-7-11(19)17(20)18(13)21/h3-8,10H,9H2,1-2H3,(H,22,24)(H,23,25). The Balaban J connectivity index is 2.00. The van der Waals surface area contributed by atoms with E-state index in [1.165, 1.54) is 0 Å². The highest BCUT2D eigenvalue weighted by atomic mass is 19.2. The molecule has 2 amide bonds. The van der Waals surface area contributed by atoms with E-state index in [-0.39, 0.29) is 6.10 Å². The maximum Gasteiger partial charge on any atom is 0.233 e. The summed E-state index contributed by atoms with van der Waals surface area (Å²) in [4.78, 5) is 23.8. The first-order valence-corrected chi connectivity index (χ1v) is 7.76. The number of ether oxygens (including phenoxy) is 1. The molecule has 0 aliphatic rings. The molecule has 2 aromatic rings. The first-order valence-electron chi connectivity index (χ1n) is 7.76. The number of halogens is 3. The van der Waals surface area contributed by atoms with Crippen molar-refractivity contribution in [1.29, 1.82) is 0 Å². The van der Waals surface area contributed by atoms with E-state index in [2.05, 4.69) is 5.32 Å². The summed E-state index contributed by atoms with van der Waals surface area (Å²) in [6.45, 7) is 3.64. The van der Waals surface area contributed by atoms with Gasteiger partial charge in [-0.15, -0.1) is 0 Å². The van der Waals surface area contributed by atoms with Crippen molar-refractivity contribution in [2.24, 2.45) is 0 Å². The Bertz CT molecular complexity index is 825. The van der Waals surface area contributed by atoms with Gasteiger partial charge in [-0.1, -0.05) is 12.1 Å². The summed E-state index contributed by atoms with van der Waals surface area (Å²) in [6.07, 6.45) is -0.762. The van der Waals surface area contributed by atoms with Crippen LogP contribution >= 0.6 is 0 Å². The number of rotatable bonds is 6. The second-order valence-corrected chi connectivity index (χ2v) is 5.66. The maximum absolute atomic E-state index is 13.5. The number of hydrogen-bond acceptors (Lipinski definition) is 3. The monoisotopic (exact) mass is 366 g/mol.